The van der Waals surface area contributed by atoms with Gasteiger partial charge >= 0.3 is 0 Å². The number of anilines is 1. The molecule has 7 nitrogen and oxygen atoms in total. The van der Waals surface area contributed by atoms with Crippen LogP contribution in [-0.4, -0.2) is 58.0 Å². The van der Waals surface area contributed by atoms with Crippen LogP contribution in [0, 0.1) is 3.57 Å². The summed E-state index contributed by atoms with van der Waals surface area (Å²) in [6.45, 7) is 2.75. The molecule has 1 aliphatic heterocycles. The van der Waals surface area contributed by atoms with Crippen LogP contribution in [0.2, 0.25) is 0 Å². The van der Waals surface area contributed by atoms with E-state index in [1.165, 1.54) is 0 Å². The second kappa shape index (κ2) is 9.84. The summed E-state index contributed by atoms with van der Waals surface area (Å²) in [5, 5.41) is 11.8. The lowest BCUT2D eigenvalue weighted by Gasteiger charge is -2.35. The maximum atomic E-state index is 13.0. The normalized spacial score (nSPS) is 13.8. The molecule has 1 aliphatic rings. The molecule has 0 atom stereocenters. The number of carbonyl (C=O) groups excluding carboxylic acids is 2. The van der Waals surface area contributed by atoms with Crippen molar-refractivity contribution >= 4 is 51.1 Å². The number of para-hydroxylation sites is 1. The Morgan fingerprint density at radius 3 is 2.00 bits per heavy atom. The number of nitrogens with zero attached hydrogens (tertiary/aromatic N) is 3. The topological polar surface area (TPSA) is 81.3 Å². The zero-order valence-electron chi connectivity index (χ0n) is 18.5. The van der Waals surface area contributed by atoms with Crippen molar-refractivity contribution in [2.75, 3.05) is 31.5 Å². The maximum Gasteiger partial charge on any atom is 0.253 e. The minimum absolute atomic E-state index is 0.000770. The number of H-pyrrole nitrogens is 1. The molecule has 4 aromatic rings. The van der Waals surface area contributed by atoms with Gasteiger partial charge in [0, 0.05) is 52.8 Å². The summed E-state index contributed by atoms with van der Waals surface area (Å²) in [6.07, 6.45) is 0. The number of aromatic nitrogens is 2. The van der Waals surface area contributed by atoms with Crippen LogP contribution in [0.15, 0.2) is 72.8 Å². The van der Waals surface area contributed by atoms with E-state index in [0.29, 0.717) is 43.9 Å². The summed E-state index contributed by atoms with van der Waals surface area (Å²) in [5.41, 5.74) is 3.40. The maximum absolute atomic E-state index is 13.0. The number of halogens is 1. The Hall–Kier alpha value is -3.40. The molecule has 1 saturated heterocycles. The summed E-state index contributed by atoms with van der Waals surface area (Å²) >= 11 is 2.22. The third kappa shape index (κ3) is 4.77. The minimum Gasteiger partial charge on any atom is -0.364 e. The van der Waals surface area contributed by atoms with Gasteiger partial charge in [-0.1, -0.05) is 24.3 Å². The van der Waals surface area contributed by atoms with E-state index in [0.717, 1.165) is 25.9 Å². The van der Waals surface area contributed by atoms with Gasteiger partial charge < -0.3 is 15.1 Å². The Kier molecular flexibility index (Phi) is 6.48. The van der Waals surface area contributed by atoms with Crippen molar-refractivity contribution in [2.24, 2.45) is 0 Å². The second-order valence-electron chi connectivity index (χ2n) is 8.26. The van der Waals surface area contributed by atoms with Gasteiger partial charge in [0.05, 0.1) is 5.52 Å². The number of rotatable bonds is 5. The predicted octanol–water partition coefficient (Wildman–Crippen LogP) is 4.38. The first-order valence-corrected chi connectivity index (χ1v) is 12.3. The van der Waals surface area contributed by atoms with Crippen LogP contribution >= 0.6 is 22.6 Å². The molecule has 172 valence electrons. The smallest absolute Gasteiger partial charge is 0.253 e. The summed E-state index contributed by atoms with van der Waals surface area (Å²) < 4.78 is 1.10. The van der Waals surface area contributed by atoms with Gasteiger partial charge in [0.2, 0.25) is 0 Å². The van der Waals surface area contributed by atoms with Gasteiger partial charge in [-0.15, -0.1) is 0 Å². The highest BCUT2D eigenvalue weighted by Gasteiger charge is 2.25. The van der Waals surface area contributed by atoms with Crippen LogP contribution in [0.25, 0.3) is 10.9 Å². The van der Waals surface area contributed by atoms with E-state index in [1.807, 2.05) is 82.6 Å². The summed E-state index contributed by atoms with van der Waals surface area (Å²) in [7, 11) is 0. The second-order valence-corrected chi connectivity index (χ2v) is 9.51. The van der Waals surface area contributed by atoms with E-state index in [1.54, 1.807) is 0 Å². The molecule has 2 N–H and O–H groups in total. The van der Waals surface area contributed by atoms with Gasteiger partial charge in [0.1, 0.15) is 0 Å². The van der Waals surface area contributed by atoms with Crippen LogP contribution in [0.5, 0.6) is 0 Å². The number of amides is 2. The minimum atomic E-state index is -0.000770. The highest BCUT2D eigenvalue weighted by atomic mass is 127. The molecular weight excluding hydrogens is 541 g/mol. The average molecular weight is 565 g/mol. The molecule has 0 spiro atoms. The monoisotopic (exact) mass is 565 g/mol. The van der Waals surface area contributed by atoms with Crippen LogP contribution in [-0.2, 0) is 6.54 Å². The summed E-state index contributed by atoms with van der Waals surface area (Å²) in [5.74, 6) is 0.831. The quantitative estimate of drug-likeness (QED) is 0.352. The fourth-order valence-electron chi connectivity index (χ4n) is 4.12. The number of hydrogen-bond acceptors (Lipinski definition) is 4. The highest BCUT2D eigenvalue weighted by molar-refractivity contribution is 14.1. The third-order valence-electron chi connectivity index (χ3n) is 6.08. The molecule has 8 heteroatoms. The lowest BCUT2D eigenvalue weighted by Crippen LogP contribution is -2.50. The van der Waals surface area contributed by atoms with Crippen molar-refractivity contribution in [3.8, 4) is 0 Å². The van der Waals surface area contributed by atoms with Crippen LogP contribution in [0.3, 0.4) is 0 Å². The third-order valence-corrected chi connectivity index (χ3v) is 6.80. The van der Waals surface area contributed by atoms with Crippen LogP contribution in [0.4, 0.5) is 5.82 Å². The molecule has 1 aromatic heterocycles. The van der Waals surface area contributed by atoms with Gasteiger partial charge in [-0.2, -0.15) is 5.10 Å². The van der Waals surface area contributed by atoms with E-state index in [4.69, 9.17) is 0 Å². The average Bonchev–Trinajstić information content (AvgIpc) is 3.31. The summed E-state index contributed by atoms with van der Waals surface area (Å²) in [6, 6.07) is 23.2. The van der Waals surface area contributed by atoms with Crippen LogP contribution in [0.1, 0.15) is 26.3 Å². The van der Waals surface area contributed by atoms with Gasteiger partial charge in [0.25, 0.3) is 11.8 Å². The Morgan fingerprint density at radius 1 is 0.824 bits per heavy atom. The van der Waals surface area contributed by atoms with E-state index in [9.17, 15) is 9.59 Å². The highest BCUT2D eigenvalue weighted by Crippen LogP contribution is 2.20. The van der Waals surface area contributed by atoms with E-state index in [-0.39, 0.29) is 11.8 Å². The first-order valence-electron chi connectivity index (χ1n) is 11.2. The molecule has 1 fully saturated rings. The number of hydrogen-bond donors (Lipinski definition) is 2. The summed E-state index contributed by atoms with van der Waals surface area (Å²) in [4.78, 5) is 29.3. The zero-order valence-corrected chi connectivity index (χ0v) is 20.7. The van der Waals surface area contributed by atoms with Crippen LogP contribution < -0.4 is 5.32 Å². The van der Waals surface area contributed by atoms with Gasteiger partial charge in [-0.25, -0.2) is 0 Å². The van der Waals surface area contributed by atoms with Gasteiger partial charge in [-0.05, 0) is 76.7 Å². The standard InChI is InChI=1S/C26H24IN5O2/c27-21-11-9-20(10-12-21)26(34)32-15-13-31(14-16-32)25(33)19-7-5-18(6-8-19)17-28-24-22-3-1-2-4-23(22)29-30-24/h1-12H,13-17H2,(H2,28,29,30). The lowest BCUT2D eigenvalue weighted by molar-refractivity contribution is 0.0535. The molecule has 5 rings (SSSR count). The molecule has 0 bridgehead atoms. The molecular formula is C26H24IN5O2. The van der Waals surface area contributed by atoms with E-state index in [2.05, 4.69) is 38.1 Å². The van der Waals surface area contributed by atoms with Crippen molar-refractivity contribution < 1.29 is 9.59 Å². The van der Waals surface area contributed by atoms with Gasteiger partial charge in [0.15, 0.2) is 5.82 Å². The Labute approximate surface area is 211 Å². The fraction of sp³-hybridized carbons (Fsp3) is 0.192. The van der Waals surface area contributed by atoms with Crippen molar-refractivity contribution in [3.05, 3.63) is 93.1 Å². The SMILES string of the molecule is O=C(c1ccc(I)cc1)N1CCN(C(=O)c2ccc(CNc3n[nH]c4ccccc34)cc2)CC1. The number of piperazine rings is 1. The largest absolute Gasteiger partial charge is 0.364 e. The number of fused-ring (bicyclic) bond motifs is 1. The van der Waals surface area contributed by atoms with Crippen molar-refractivity contribution in [1.29, 1.82) is 0 Å². The van der Waals surface area contributed by atoms with Crippen molar-refractivity contribution in [2.45, 2.75) is 6.54 Å². The van der Waals surface area contributed by atoms with Crippen molar-refractivity contribution in [1.82, 2.24) is 20.0 Å². The van der Waals surface area contributed by atoms with E-state index < -0.39 is 0 Å². The number of nitrogens with one attached hydrogen (secondary N) is 2. The molecule has 2 amide bonds. The number of carbonyl (C=O) groups is 2. The Bertz CT molecular complexity index is 1310. The molecule has 34 heavy (non-hydrogen) atoms. The van der Waals surface area contributed by atoms with Gasteiger partial charge in [-0.3, -0.25) is 14.7 Å². The van der Waals surface area contributed by atoms with Crippen molar-refractivity contribution in [3.63, 3.8) is 0 Å². The number of aromatic amines is 1. The lowest BCUT2D eigenvalue weighted by atomic mass is 10.1. The predicted molar refractivity (Wildman–Crippen MR) is 141 cm³/mol. The molecule has 2 heterocycles. The number of benzene rings is 3. The Balaban J connectivity index is 1.15. The first kappa shape index (κ1) is 22.4. The molecule has 0 saturated carbocycles. The first-order chi connectivity index (χ1) is 16.6. The molecule has 0 radical (unpaired) electrons. The zero-order chi connectivity index (χ0) is 23.5. The molecule has 0 aliphatic carbocycles. The van der Waals surface area contributed by atoms with E-state index >= 15 is 0 Å². The fourth-order valence-corrected chi connectivity index (χ4v) is 4.48. The Morgan fingerprint density at radius 2 is 1.38 bits per heavy atom. The molecule has 3 aromatic carbocycles. The molecule has 0 unspecified atom stereocenters.